The molecule has 0 spiro atoms. The zero-order chi connectivity index (χ0) is 22.6. The van der Waals surface area contributed by atoms with Crippen molar-refractivity contribution in [2.75, 3.05) is 34.4 Å². The number of carbonyl (C=O) groups excluding carboxylic acids is 1. The molecule has 176 valence electrons. The van der Waals surface area contributed by atoms with Gasteiger partial charge in [0.15, 0.2) is 5.96 Å². The number of benzene rings is 2. The van der Waals surface area contributed by atoms with Gasteiger partial charge in [0.25, 0.3) is 5.91 Å². The molecule has 0 fully saturated rings. The number of hydrogen-bond acceptors (Lipinski definition) is 5. The van der Waals surface area contributed by atoms with Crippen LogP contribution in [0.5, 0.6) is 17.2 Å². The predicted octanol–water partition coefficient (Wildman–Crippen LogP) is 3.02. The van der Waals surface area contributed by atoms with Crippen LogP contribution in [-0.2, 0) is 6.54 Å². The van der Waals surface area contributed by atoms with Crippen molar-refractivity contribution in [3.05, 3.63) is 53.6 Å². The molecule has 0 aromatic heterocycles. The lowest BCUT2D eigenvalue weighted by atomic mass is 10.2. The summed E-state index contributed by atoms with van der Waals surface area (Å²) in [5.41, 5.74) is 0.973. The molecule has 0 bridgehead atoms. The van der Waals surface area contributed by atoms with Gasteiger partial charge in [-0.3, -0.25) is 9.79 Å². The third kappa shape index (κ3) is 8.73. The molecule has 0 saturated carbocycles. The van der Waals surface area contributed by atoms with E-state index >= 15 is 0 Å². The fourth-order valence-electron chi connectivity index (χ4n) is 2.65. The van der Waals surface area contributed by atoms with Crippen LogP contribution in [0.1, 0.15) is 15.9 Å². The maximum Gasteiger partial charge on any atom is 0.387 e. The highest BCUT2D eigenvalue weighted by atomic mass is 127. The Labute approximate surface area is 202 Å². The van der Waals surface area contributed by atoms with Crippen LogP contribution in [0.15, 0.2) is 47.5 Å². The van der Waals surface area contributed by atoms with Crippen molar-refractivity contribution in [3.8, 4) is 17.2 Å². The van der Waals surface area contributed by atoms with Crippen LogP contribution >= 0.6 is 24.0 Å². The van der Waals surface area contributed by atoms with Gasteiger partial charge in [-0.1, -0.05) is 6.07 Å². The van der Waals surface area contributed by atoms with E-state index in [4.69, 9.17) is 9.47 Å². The van der Waals surface area contributed by atoms with Crippen LogP contribution in [0.2, 0.25) is 0 Å². The largest absolute Gasteiger partial charge is 0.497 e. The number of amides is 1. The first-order valence-electron chi connectivity index (χ1n) is 9.45. The summed E-state index contributed by atoms with van der Waals surface area (Å²) in [7, 11) is 4.60. The molecule has 1 amide bonds. The van der Waals surface area contributed by atoms with Crippen molar-refractivity contribution >= 4 is 35.8 Å². The highest BCUT2D eigenvalue weighted by Crippen LogP contribution is 2.25. The molecular formula is C21H27F2IN4O4. The van der Waals surface area contributed by atoms with E-state index in [1.807, 2.05) is 0 Å². The SMILES string of the molecule is CN=C(NCCNC(=O)c1cccc(OC)c1)NCc1cc(OC)ccc1OC(F)F.I. The lowest BCUT2D eigenvalue weighted by molar-refractivity contribution is -0.0505. The first-order valence-corrected chi connectivity index (χ1v) is 9.45. The van der Waals surface area contributed by atoms with Crippen LogP contribution in [-0.4, -0.2) is 52.8 Å². The molecule has 0 aliphatic rings. The number of carbonyl (C=O) groups is 1. The first kappa shape index (κ1) is 27.2. The number of aliphatic imine (C=N–C) groups is 1. The topological polar surface area (TPSA) is 93.2 Å². The highest BCUT2D eigenvalue weighted by Gasteiger charge is 2.12. The summed E-state index contributed by atoms with van der Waals surface area (Å²) in [6.45, 7) is -2.02. The quantitative estimate of drug-likeness (QED) is 0.178. The number of methoxy groups -OCH3 is 2. The lowest BCUT2D eigenvalue weighted by Crippen LogP contribution is -2.41. The number of guanidine groups is 1. The van der Waals surface area contributed by atoms with E-state index in [9.17, 15) is 13.6 Å². The lowest BCUT2D eigenvalue weighted by Gasteiger charge is -2.15. The van der Waals surface area contributed by atoms with Gasteiger partial charge in [-0.25, -0.2) is 0 Å². The average Bonchev–Trinajstić information content (AvgIpc) is 2.78. The molecule has 0 unspecified atom stereocenters. The smallest absolute Gasteiger partial charge is 0.387 e. The first-order chi connectivity index (χ1) is 15.0. The second kappa shape index (κ2) is 14.3. The fraction of sp³-hybridized carbons (Fsp3) is 0.333. The van der Waals surface area contributed by atoms with Gasteiger partial charge < -0.3 is 30.2 Å². The normalized spacial score (nSPS) is 10.8. The molecule has 32 heavy (non-hydrogen) atoms. The van der Waals surface area contributed by atoms with Crippen molar-refractivity contribution in [1.29, 1.82) is 0 Å². The molecule has 0 heterocycles. The average molecular weight is 564 g/mol. The van der Waals surface area contributed by atoms with Crippen molar-refractivity contribution in [2.45, 2.75) is 13.2 Å². The summed E-state index contributed by atoms with van der Waals surface area (Å²) in [6.07, 6.45) is 0. The number of nitrogens with one attached hydrogen (secondary N) is 3. The minimum atomic E-state index is -2.93. The van der Waals surface area contributed by atoms with Gasteiger partial charge in [0, 0.05) is 37.8 Å². The molecule has 0 aliphatic heterocycles. The van der Waals surface area contributed by atoms with Gasteiger partial charge in [0.2, 0.25) is 0 Å². The Balaban J connectivity index is 0.00000512. The summed E-state index contributed by atoms with van der Waals surface area (Å²) >= 11 is 0. The Morgan fingerprint density at radius 3 is 2.34 bits per heavy atom. The van der Waals surface area contributed by atoms with Crippen molar-refractivity contribution in [2.24, 2.45) is 4.99 Å². The Morgan fingerprint density at radius 2 is 1.69 bits per heavy atom. The third-order valence-electron chi connectivity index (χ3n) is 4.19. The van der Waals surface area contributed by atoms with Gasteiger partial charge in [-0.05, 0) is 36.4 Å². The number of nitrogens with zero attached hydrogens (tertiary/aromatic N) is 1. The molecule has 0 radical (unpaired) electrons. The predicted molar refractivity (Wildman–Crippen MR) is 129 cm³/mol. The number of halogens is 3. The van der Waals surface area contributed by atoms with Crippen LogP contribution in [0, 0.1) is 0 Å². The van der Waals surface area contributed by atoms with E-state index in [0.717, 1.165) is 0 Å². The van der Waals surface area contributed by atoms with Gasteiger partial charge in [0.1, 0.15) is 17.2 Å². The Kier molecular flexibility index (Phi) is 12.1. The highest BCUT2D eigenvalue weighted by molar-refractivity contribution is 14.0. The second-order valence-electron chi connectivity index (χ2n) is 6.19. The molecule has 8 nitrogen and oxygen atoms in total. The number of alkyl halides is 2. The van der Waals surface area contributed by atoms with Gasteiger partial charge in [-0.15, -0.1) is 24.0 Å². The van der Waals surface area contributed by atoms with Crippen molar-refractivity contribution in [1.82, 2.24) is 16.0 Å². The maximum atomic E-state index is 12.6. The van der Waals surface area contributed by atoms with E-state index in [-0.39, 0.29) is 42.2 Å². The monoisotopic (exact) mass is 564 g/mol. The molecule has 3 N–H and O–H groups in total. The second-order valence-corrected chi connectivity index (χ2v) is 6.19. The summed E-state index contributed by atoms with van der Waals surface area (Å²) < 4.78 is 40.1. The minimum Gasteiger partial charge on any atom is -0.497 e. The van der Waals surface area contributed by atoms with Gasteiger partial charge in [-0.2, -0.15) is 8.78 Å². The van der Waals surface area contributed by atoms with E-state index in [1.54, 1.807) is 43.4 Å². The van der Waals surface area contributed by atoms with E-state index in [2.05, 4.69) is 25.7 Å². The minimum absolute atomic E-state index is 0. The molecule has 2 aromatic rings. The number of rotatable bonds is 10. The fourth-order valence-corrected chi connectivity index (χ4v) is 2.65. The number of ether oxygens (including phenoxy) is 3. The van der Waals surface area contributed by atoms with Crippen LogP contribution in [0.4, 0.5) is 8.78 Å². The third-order valence-corrected chi connectivity index (χ3v) is 4.19. The summed E-state index contributed by atoms with van der Waals surface area (Å²) in [5.74, 6) is 1.37. The molecule has 2 rings (SSSR count). The van der Waals surface area contributed by atoms with Gasteiger partial charge in [0.05, 0.1) is 14.2 Å². The molecule has 2 aromatic carbocycles. The summed E-state index contributed by atoms with van der Waals surface area (Å²) in [4.78, 5) is 16.3. The molecule has 11 heteroatoms. The standard InChI is InChI=1S/C21H26F2N4O4.HI/c1-24-21(26-10-9-25-19(28)14-5-4-6-16(11-14)29-2)27-13-15-12-17(30-3)7-8-18(15)31-20(22)23;/h4-8,11-12,20H,9-10,13H2,1-3H3,(H,25,28)(H2,24,26,27);1H. The molecule has 0 atom stereocenters. The number of hydrogen-bond donors (Lipinski definition) is 3. The van der Waals surface area contributed by atoms with Crippen LogP contribution in [0.25, 0.3) is 0 Å². The molecule has 0 saturated heterocycles. The summed E-state index contributed by atoms with van der Waals surface area (Å²) in [6, 6.07) is 11.4. The summed E-state index contributed by atoms with van der Waals surface area (Å²) in [5, 5.41) is 8.84. The Hall–Kier alpha value is -2.83. The van der Waals surface area contributed by atoms with Crippen LogP contribution in [0.3, 0.4) is 0 Å². The van der Waals surface area contributed by atoms with E-state index in [0.29, 0.717) is 41.7 Å². The van der Waals surface area contributed by atoms with E-state index < -0.39 is 6.61 Å². The Morgan fingerprint density at radius 1 is 1.00 bits per heavy atom. The van der Waals surface area contributed by atoms with Crippen molar-refractivity contribution < 1.29 is 27.8 Å². The van der Waals surface area contributed by atoms with Crippen molar-refractivity contribution in [3.63, 3.8) is 0 Å². The molecular weight excluding hydrogens is 537 g/mol. The van der Waals surface area contributed by atoms with Crippen LogP contribution < -0.4 is 30.2 Å². The zero-order valence-corrected chi connectivity index (χ0v) is 20.3. The van der Waals surface area contributed by atoms with E-state index in [1.165, 1.54) is 20.3 Å². The Bertz CT molecular complexity index is 900. The maximum absolute atomic E-state index is 12.6. The molecule has 0 aliphatic carbocycles. The zero-order valence-electron chi connectivity index (χ0n) is 18.0. The van der Waals surface area contributed by atoms with Gasteiger partial charge >= 0.3 is 6.61 Å².